The van der Waals surface area contributed by atoms with Crippen LogP contribution in [0.15, 0.2) is 48.6 Å². The molecule has 1 unspecified atom stereocenters. The number of allylic oxidation sites excluding steroid dienone is 6. The number of carbonyl (C=O) groups excluding carboxylic acids is 2. The summed E-state index contributed by atoms with van der Waals surface area (Å²) < 4.78 is 0. The molecule has 0 bridgehead atoms. The zero-order valence-corrected chi connectivity index (χ0v) is 12.3. The van der Waals surface area contributed by atoms with Gasteiger partial charge in [-0.2, -0.15) is 0 Å². The highest BCUT2D eigenvalue weighted by atomic mass is 16.1. The van der Waals surface area contributed by atoms with Gasteiger partial charge in [0.15, 0.2) is 11.6 Å². The van der Waals surface area contributed by atoms with Gasteiger partial charge in [-0.15, -0.1) is 6.58 Å². The highest BCUT2D eigenvalue weighted by Gasteiger charge is 2.43. The summed E-state index contributed by atoms with van der Waals surface area (Å²) in [7, 11) is 0. The summed E-state index contributed by atoms with van der Waals surface area (Å²) in [6.45, 7) is 11.8. The smallest absolute Gasteiger partial charge is 0.160 e. The van der Waals surface area contributed by atoms with E-state index in [0.717, 1.165) is 24.0 Å². The van der Waals surface area contributed by atoms with Crippen molar-refractivity contribution < 1.29 is 9.59 Å². The number of ketones is 2. The van der Waals surface area contributed by atoms with E-state index in [1.54, 1.807) is 12.2 Å². The number of hydrogen-bond acceptors (Lipinski definition) is 2. The summed E-state index contributed by atoms with van der Waals surface area (Å²) in [5, 5.41) is 0. The van der Waals surface area contributed by atoms with Gasteiger partial charge < -0.3 is 0 Å². The first kappa shape index (κ1) is 14.7. The first-order valence-electron chi connectivity index (χ1n) is 7.15. The summed E-state index contributed by atoms with van der Waals surface area (Å²) in [6, 6.07) is 0. The number of hydrogen-bond donors (Lipinski definition) is 0. The van der Waals surface area contributed by atoms with Crippen molar-refractivity contribution in [3.63, 3.8) is 0 Å². The van der Waals surface area contributed by atoms with Crippen LogP contribution in [0.25, 0.3) is 0 Å². The Bertz CT molecular complexity index is 522. The molecule has 0 aliphatic heterocycles. The van der Waals surface area contributed by atoms with Crippen LogP contribution in [0, 0.1) is 23.7 Å². The summed E-state index contributed by atoms with van der Waals surface area (Å²) in [5.74, 6) is -0.320. The molecule has 0 aromatic carbocycles. The molecule has 0 spiro atoms. The molecular weight excluding hydrogens is 248 g/mol. The van der Waals surface area contributed by atoms with E-state index in [1.807, 2.05) is 26.0 Å². The van der Waals surface area contributed by atoms with Crippen LogP contribution in [0.5, 0.6) is 0 Å². The van der Waals surface area contributed by atoms with Crippen molar-refractivity contribution in [3.05, 3.63) is 48.6 Å². The van der Waals surface area contributed by atoms with Gasteiger partial charge in [0.1, 0.15) is 0 Å². The van der Waals surface area contributed by atoms with Crippen LogP contribution in [-0.2, 0) is 9.59 Å². The fourth-order valence-corrected chi connectivity index (χ4v) is 3.50. The molecule has 0 radical (unpaired) electrons. The second-order valence-electron chi connectivity index (χ2n) is 6.04. The van der Waals surface area contributed by atoms with Gasteiger partial charge in [0.2, 0.25) is 0 Å². The van der Waals surface area contributed by atoms with Crippen molar-refractivity contribution in [1.29, 1.82) is 0 Å². The quantitative estimate of drug-likeness (QED) is 0.733. The maximum Gasteiger partial charge on any atom is 0.160 e. The molecule has 2 aliphatic rings. The Hall–Kier alpha value is -1.70. The normalized spacial score (nSPS) is 33.8. The fraction of sp³-hybridized carbons (Fsp3) is 0.444. The predicted molar refractivity (Wildman–Crippen MR) is 81.1 cm³/mol. The van der Waals surface area contributed by atoms with E-state index in [9.17, 15) is 9.59 Å². The zero-order valence-electron chi connectivity index (χ0n) is 12.3. The van der Waals surface area contributed by atoms with E-state index < -0.39 is 0 Å². The number of rotatable bonds is 3. The lowest BCUT2D eigenvalue weighted by Crippen LogP contribution is -2.41. The largest absolute Gasteiger partial charge is 0.295 e. The second kappa shape index (κ2) is 5.74. The molecule has 2 heteroatoms. The molecule has 0 N–H and O–H groups in total. The Balaban J connectivity index is 2.42. The van der Waals surface area contributed by atoms with Crippen molar-refractivity contribution in [2.24, 2.45) is 23.7 Å². The molecule has 0 amide bonds. The van der Waals surface area contributed by atoms with Crippen LogP contribution in [-0.4, -0.2) is 11.6 Å². The topological polar surface area (TPSA) is 34.1 Å². The molecule has 0 heterocycles. The van der Waals surface area contributed by atoms with E-state index in [0.29, 0.717) is 0 Å². The van der Waals surface area contributed by atoms with Gasteiger partial charge in [0.25, 0.3) is 0 Å². The van der Waals surface area contributed by atoms with Crippen LogP contribution in [0.2, 0.25) is 0 Å². The molecule has 2 rings (SSSR count). The van der Waals surface area contributed by atoms with E-state index in [-0.39, 0.29) is 35.2 Å². The molecule has 106 valence electrons. The lowest BCUT2D eigenvalue weighted by molar-refractivity contribution is -0.131. The van der Waals surface area contributed by atoms with Crippen molar-refractivity contribution in [1.82, 2.24) is 0 Å². The maximum absolute atomic E-state index is 12.5. The third kappa shape index (κ3) is 2.60. The minimum atomic E-state index is -0.282. The van der Waals surface area contributed by atoms with Crippen LogP contribution in [0.4, 0.5) is 0 Å². The molecule has 0 aromatic rings. The average molecular weight is 270 g/mol. The SMILES string of the molecule is C=CC1CC(C)=CC(=O)[C@@H]1[C@H]1C(=O)C=CC[C@@H]1C(=C)C. The molecule has 4 atom stereocenters. The lowest BCUT2D eigenvalue weighted by Gasteiger charge is -2.38. The molecule has 0 fully saturated rings. The van der Waals surface area contributed by atoms with E-state index in [4.69, 9.17) is 0 Å². The highest BCUT2D eigenvalue weighted by Crippen LogP contribution is 2.41. The molecular formula is C18H22O2. The Morgan fingerprint density at radius 3 is 2.60 bits per heavy atom. The average Bonchev–Trinajstić information content (AvgIpc) is 2.38. The lowest BCUT2D eigenvalue weighted by atomic mass is 9.63. The summed E-state index contributed by atoms with van der Waals surface area (Å²) in [6.07, 6.45) is 8.67. The maximum atomic E-state index is 12.5. The number of carbonyl (C=O) groups is 2. The molecule has 20 heavy (non-hydrogen) atoms. The van der Waals surface area contributed by atoms with Crippen molar-refractivity contribution in [3.8, 4) is 0 Å². The highest BCUT2D eigenvalue weighted by molar-refractivity contribution is 6.01. The van der Waals surface area contributed by atoms with Crippen LogP contribution >= 0.6 is 0 Å². The Morgan fingerprint density at radius 2 is 2.00 bits per heavy atom. The first-order valence-corrected chi connectivity index (χ1v) is 7.15. The second-order valence-corrected chi connectivity index (χ2v) is 6.04. The first-order chi connectivity index (χ1) is 9.45. The molecule has 2 aliphatic carbocycles. The van der Waals surface area contributed by atoms with E-state index >= 15 is 0 Å². The molecule has 2 nitrogen and oxygen atoms in total. The minimum absolute atomic E-state index is 0.0507. The summed E-state index contributed by atoms with van der Waals surface area (Å²) in [4.78, 5) is 24.8. The van der Waals surface area contributed by atoms with Crippen LogP contribution < -0.4 is 0 Å². The van der Waals surface area contributed by atoms with Crippen LogP contribution in [0.3, 0.4) is 0 Å². The Labute approximate surface area is 120 Å². The van der Waals surface area contributed by atoms with Crippen molar-refractivity contribution in [2.75, 3.05) is 0 Å². The molecule has 0 aromatic heterocycles. The fourth-order valence-electron chi connectivity index (χ4n) is 3.50. The van der Waals surface area contributed by atoms with E-state index in [2.05, 4.69) is 13.2 Å². The van der Waals surface area contributed by atoms with Crippen molar-refractivity contribution >= 4 is 11.6 Å². The van der Waals surface area contributed by atoms with Gasteiger partial charge in [0, 0.05) is 11.8 Å². The van der Waals surface area contributed by atoms with Gasteiger partial charge in [-0.05, 0) is 50.7 Å². The Kier molecular flexibility index (Phi) is 4.22. The van der Waals surface area contributed by atoms with Gasteiger partial charge in [-0.25, -0.2) is 0 Å². The van der Waals surface area contributed by atoms with Gasteiger partial charge in [0.05, 0.1) is 0 Å². The van der Waals surface area contributed by atoms with Crippen LogP contribution in [0.1, 0.15) is 26.7 Å². The van der Waals surface area contributed by atoms with Gasteiger partial charge >= 0.3 is 0 Å². The molecule has 0 saturated heterocycles. The monoisotopic (exact) mass is 270 g/mol. The summed E-state index contributed by atoms with van der Waals surface area (Å²) >= 11 is 0. The summed E-state index contributed by atoms with van der Waals surface area (Å²) in [5.41, 5.74) is 2.05. The predicted octanol–water partition coefficient (Wildman–Crippen LogP) is 3.66. The van der Waals surface area contributed by atoms with Crippen molar-refractivity contribution in [2.45, 2.75) is 26.7 Å². The van der Waals surface area contributed by atoms with Gasteiger partial charge in [-0.1, -0.05) is 29.9 Å². The molecule has 0 saturated carbocycles. The van der Waals surface area contributed by atoms with E-state index in [1.165, 1.54) is 0 Å². The van der Waals surface area contributed by atoms with Gasteiger partial charge in [-0.3, -0.25) is 9.59 Å². The Morgan fingerprint density at radius 1 is 1.30 bits per heavy atom. The standard InChI is InChI=1S/C18H22O2/c1-5-13-9-12(4)10-16(20)17(13)18-14(11(2)3)7-6-8-15(18)19/h5-6,8,10,13-14,17-18H,1-2,7,9H2,3-4H3/t13?,14-,17-,18-/m1/s1. The third-order valence-corrected chi connectivity index (χ3v) is 4.49. The minimum Gasteiger partial charge on any atom is -0.295 e. The zero-order chi connectivity index (χ0) is 14.9. The third-order valence-electron chi connectivity index (χ3n) is 4.49.